The van der Waals surface area contributed by atoms with E-state index in [1.807, 2.05) is 6.07 Å². The molecule has 0 bridgehead atoms. The SMILES string of the molecule is CCN(CC1CC1)c1cc(Cl)nc2ncnn12. The first-order valence-electron chi connectivity index (χ1n) is 5.89. The van der Waals surface area contributed by atoms with Crippen molar-refractivity contribution in [1.82, 2.24) is 19.6 Å². The molecule has 1 aliphatic rings. The summed E-state index contributed by atoms with van der Waals surface area (Å²) in [4.78, 5) is 10.5. The summed E-state index contributed by atoms with van der Waals surface area (Å²) in [6, 6.07) is 1.86. The zero-order chi connectivity index (χ0) is 11.8. The lowest BCUT2D eigenvalue weighted by atomic mass is 10.3. The smallest absolute Gasteiger partial charge is 0.255 e. The normalized spacial score (nSPS) is 15.4. The molecule has 0 radical (unpaired) electrons. The molecule has 0 aliphatic heterocycles. The molecule has 6 heteroatoms. The fraction of sp³-hybridized carbons (Fsp3) is 0.545. The predicted octanol–water partition coefficient (Wildman–Crippen LogP) is 2.01. The minimum Gasteiger partial charge on any atom is -0.356 e. The van der Waals surface area contributed by atoms with Crippen molar-refractivity contribution >= 4 is 23.2 Å². The lowest BCUT2D eigenvalue weighted by molar-refractivity contribution is 0.714. The topological polar surface area (TPSA) is 46.3 Å². The molecular formula is C11H14ClN5. The maximum atomic E-state index is 6.02. The Labute approximate surface area is 104 Å². The summed E-state index contributed by atoms with van der Waals surface area (Å²) in [5.74, 6) is 2.36. The first kappa shape index (κ1) is 10.8. The summed E-state index contributed by atoms with van der Waals surface area (Å²) in [6.07, 6.45) is 4.17. The molecule has 2 heterocycles. The van der Waals surface area contributed by atoms with E-state index in [0.717, 1.165) is 24.8 Å². The number of hydrogen-bond donors (Lipinski definition) is 0. The Bertz CT molecular complexity index is 534. The quantitative estimate of drug-likeness (QED) is 0.780. The number of aromatic nitrogens is 4. The van der Waals surface area contributed by atoms with E-state index in [-0.39, 0.29) is 0 Å². The Kier molecular flexibility index (Phi) is 2.63. The van der Waals surface area contributed by atoms with Gasteiger partial charge in [0.05, 0.1) is 0 Å². The van der Waals surface area contributed by atoms with E-state index in [1.165, 1.54) is 19.2 Å². The van der Waals surface area contributed by atoms with Crippen LogP contribution in [0, 0.1) is 5.92 Å². The van der Waals surface area contributed by atoms with Crippen LogP contribution < -0.4 is 4.90 Å². The number of halogens is 1. The van der Waals surface area contributed by atoms with Gasteiger partial charge in [-0.25, -0.2) is 0 Å². The van der Waals surface area contributed by atoms with Crippen molar-refractivity contribution in [1.29, 1.82) is 0 Å². The molecule has 0 unspecified atom stereocenters. The summed E-state index contributed by atoms with van der Waals surface area (Å²) in [6.45, 7) is 4.14. The van der Waals surface area contributed by atoms with E-state index in [1.54, 1.807) is 4.52 Å². The van der Waals surface area contributed by atoms with Gasteiger partial charge in [0.1, 0.15) is 17.3 Å². The molecule has 1 fully saturated rings. The van der Waals surface area contributed by atoms with Crippen LogP contribution >= 0.6 is 11.6 Å². The van der Waals surface area contributed by atoms with Crippen molar-refractivity contribution < 1.29 is 0 Å². The first-order valence-corrected chi connectivity index (χ1v) is 6.27. The lowest BCUT2D eigenvalue weighted by Gasteiger charge is -2.23. The van der Waals surface area contributed by atoms with Crippen LogP contribution in [-0.4, -0.2) is 32.7 Å². The fourth-order valence-corrected chi connectivity index (χ4v) is 2.16. The second-order valence-electron chi connectivity index (χ2n) is 4.39. The Morgan fingerprint density at radius 2 is 2.35 bits per heavy atom. The average Bonchev–Trinajstić information content (AvgIpc) is 3.01. The van der Waals surface area contributed by atoms with E-state index in [9.17, 15) is 0 Å². The van der Waals surface area contributed by atoms with Crippen LogP contribution in [0.3, 0.4) is 0 Å². The van der Waals surface area contributed by atoms with Crippen LogP contribution in [0.5, 0.6) is 0 Å². The summed E-state index contributed by atoms with van der Waals surface area (Å²) in [7, 11) is 0. The lowest BCUT2D eigenvalue weighted by Crippen LogP contribution is -2.27. The third-order valence-electron chi connectivity index (χ3n) is 3.08. The summed E-state index contributed by atoms with van der Waals surface area (Å²) >= 11 is 6.02. The molecule has 0 aromatic carbocycles. The van der Waals surface area contributed by atoms with Crippen molar-refractivity contribution in [3.8, 4) is 0 Å². The summed E-state index contributed by atoms with van der Waals surface area (Å²) < 4.78 is 1.75. The van der Waals surface area contributed by atoms with Gasteiger partial charge in [-0.05, 0) is 25.7 Å². The van der Waals surface area contributed by atoms with Crippen LogP contribution in [0.15, 0.2) is 12.4 Å². The molecular weight excluding hydrogens is 238 g/mol. The highest BCUT2D eigenvalue weighted by Crippen LogP contribution is 2.31. The molecule has 2 aromatic rings. The largest absolute Gasteiger partial charge is 0.356 e. The molecule has 3 rings (SSSR count). The Morgan fingerprint density at radius 1 is 1.53 bits per heavy atom. The third kappa shape index (κ3) is 2.07. The van der Waals surface area contributed by atoms with Crippen molar-refractivity contribution in [2.24, 2.45) is 5.92 Å². The average molecular weight is 252 g/mol. The second-order valence-corrected chi connectivity index (χ2v) is 4.78. The number of hydrogen-bond acceptors (Lipinski definition) is 4. The second kappa shape index (κ2) is 4.14. The van der Waals surface area contributed by atoms with Crippen molar-refractivity contribution in [3.05, 3.63) is 17.5 Å². The number of fused-ring (bicyclic) bond motifs is 1. The van der Waals surface area contributed by atoms with E-state index in [2.05, 4.69) is 26.9 Å². The Hall–Kier alpha value is -1.36. The standard InChI is InChI=1S/C11H14ClN5/c1-2-16(6-8-3-4-8)10-5-9(12)15-11-13-7-14-17(10)11/h5,7-8H,2-4,6H2,1H3. The summed E-state index contributed by atoms with van der Waals surface area (Å²) in [5.41, 5.74) is 0. The van der Waals surface area contributed by atoms with Crippen LogP contribution in [0.4, 0.5) is 5.82 Å². The minimum absolute atomic E-state index is 0.467. The van der Waals surface area contributed by atoms with Crippen LogP contribution in [0.2, 0.25) is 5.15 Å². The van der Waals surface area contributed by atoms with Gasteiger partial charge in [0.15, 0.2) is 0 Å². The molecule has 0 amide bonds. The van der Waals surface area contributed by atoms with E-state index < -0.39 is 0 Å². The van der Waals surface area contributed by atoms with Gasteiger partial charge < -0.3 is 4.90 Å². The van der Waals surface area contributed by atoms with Crippen LogP contribution in [0.25, 0.3) is 5.78 Å². The molecule has 0 saturated heterocycles. The zero-order valence-corrected chi connectivity index (χ0v) is 10.4. The van der Waals surface area contributed by atoms with Gasteiger partial charge >= 0.3 is 0 Å². The van der Waals surface area contributed by atoms with Crippen molar-refractivity contribution in [3.63, 3.8) is 0 Å². The van der Waals surface area contributed by atoms with Gasteiger partial charge in [-0.15, -0.1) is 0 Å². The van der Waals surface area contributed by atoms with E-state index in [4.69, 9.17) is 11.6 Å². The molecule has 90 valence electrons. The predicted molar refractivity (Wildman–Crippen MR) is 66.4 cm³/mol. The maximum absolute atomic E-state index is 6.02. The van der Waals surface area contributed by atoms with Gasteiger partial charge in [0.25, 0.3) is 5.78 Å². The fourth-order valence-electron chi connectivity index (χ4n) is 1.99. The molecule has 2 aromatic heterocycles. The Balaban J connectivity index is 2.03. The first-order chi connectivity index (χ1) is 8.28. The monoisotopic (exact) mass is 251 g/mol. The number of rotatable bonds is 4. The molecule has 1 saturated carbocycles. The highest BCUT2D eigenvalue weighted by atomic mass is 35.5. The Morgan fingerprint density at radius 3 is 3.06 bits per heavy atom. The number of nitrogens with zero attached hydrogens (tertiary/aromatic N) is 5. The van der Waals surface area contributed by atoms with E-state index >= 15 is 0 Å². The van der Waals surface area contributed by atoms with Gasteiger partial charge in [0.2, 0.25) is 0 Å². The highest BCUT2D eigenvalue weighted by Gasteiger charge is 2.25. The summed E-state index contributed by atoms with van der Waals surface area (Å²) in [5, 5.41) is 4.67. The van der Waals surface area contributed by atoms with Crippen LogP contribution in [0.1, 0.15) is 19.8 Å². The maximum Gasteiger partial charge on any atom is 0.255 e. The van der Waals surface area contributed by atoms with E-state index in [0.29, 0.717) is 10.9 Å². The van der Waals surface area contributed by atoms with Gasteiger partial charge in [-0.3, -0.25) is 0 Å². The highest BCUT2D eigenvalue weighted by molar-refractivity contribution is 6.29. The van der Waals surface area contributed by atoms with Crippen LogP contribution in [-0.2, 0) is 0 Å². The number of anilines is 1. The van der Waals surface area contributed by atoms with Crippen molar-refractivity contribution in [2.45, 2.75) is 19.8 Å². The molecule has 0 spiro atoms. The zero-order valence-electron chi connectivity index (χ0n) is 9.67. The molecule has 1 aliphatic carbocycles. The van der Waals surface area contributed by atoms with Crippen molar-refractivity contribution in [2.75, 3.05) is 18.0 Å². The molecule has 5 nitrogen and oxygen atoms in total. The molecule has 17 heavy (non-hydrogen) atoms. The van der Waals surface area contributed by atoms with Gasteiger partial charge in [-0.2, -0.15) is 19.6 Å². The minimum atomic E-state index is 0.467. The molecule has 0 N–H and O–H groups in total. The van der Waals surface area contributed by atoms with Gasteiger partial charge in [0, 0.05) is 19.2 Å². The third-order valence-corrected chi connectivity index (χ3v) is 3.28. The van der Waals surface area contributed by atoms with Gasteiger partial charge in [-0.1, -0.05) is 11.6 Å². The molecule has 0 atom stereocenters.